The maximum absolute atomic E-state index is 11.8. The van der Waals surface area contributed by atoms with Gasteiger partial charge in [0.15, 0.2) is 0 Å². The molecule has 1 N–H and O–H groups in total. The molecule has 0 aliphatic carbocycles. The highest BCUT2D eigenvalue weighted by molar-refractivity contribution is 5.89. The summed E-state index contributed by atoms with van der Waals surface area (Å²) in [6, 6.07) is 23.5. The third-order valence-corrected chi connectivity index (χ3v) is 5.65. The van der Waals surface area contributed by atoms with Crippen LogP contribution in [0.3, 0.4) is 0 Å². The molecule has 1 aromatic heterocycles. The van der Waals surface area contributed by atoms with Crippen LogP contribution >= 0.6 is 0 Å². The Morgan fingerprint density at radius 2 is 1.88 bits per heavy atom. The van der Waals surface area contributed by atoms with Crippen LogP contribution in [0.1, 0.15) is 28.4 Å². The van der Waals surface area contributed by atoms with E-state index in [1.54, 1.807) is 48.5 Å². The minimum atomic E-state index is -0.965. The van der Waals surface area contributed by atoms with Crippen LogP contribution < -0.4 is 14.2 Å². The summed E-state index contributed by atoms with van der Waals surface area (Å²) in [4.78, 5) is 16.4. The Labute approximate surface area is 196 Å². The number of methoxy groups -OCH3 is 1. The molecule has 0 amide bonds. The quantitative estimate of drug-likeness (QED) is 0.418. The lowest BCUT2D eigenvalue weighted by atomic mass is 10.0. The van der Waals surface area contributed by atoms with Crippen molar-refractivity contribution in [1.29, 1.82) is 0 Å². The Morgan fingerprint density at radius 1 is 1.00 bits per heavy atom. The van der Waals surface area contributed by atoms with Crippen molar-refractivity contribution in [3.8, 4) is 23.1 Å². The second-order valence-corrected chi connectivity index (χ2v) is 7.90. The van der Waals surface area contributed by atoms with E-state index in [1.165, 1.54) is 7.11 Å². The van der Waals surface area contributed by atoms with Crippen molar-refractivity contribution in [2.45, 2.75) is 18.6 Å². The van der Waals surface area contributed by atoms with Crippen molar-refractivity contribution in [3.05, 3.63) is 90.0 Å². The van der Waals surface area contributed by atoms with Crippen molar-refractivity contribution < 1.29 is 28.8 Å². The number of ether oxygens (including phenoxy) is 4. The zero-order valence-electron chi connectivity index (χ0n) is 18.5. The monoisotopic (exact) mass is 457 g/mol. The zero-order valence-corrected chi connectivity index (χ0v) is 18.5. The number of hydrogen-bond acceptors (Lipinski definition) is 7. The van der Waals surface area contributed by atoms with Gasteiger partial charge in [-0.15, -0.1) is 0 Å². The predicted octanol–water partition coefficient (Wildman–Crippen LogP) is 5.08. The summed E-state index contributed by atoms with van der Waals surface area (Å²) in [5, 5.41) is 12.2. The molecule has 0 bridgehead atoms. The maximum Gasteiger partial charge on any atom is 0.337 e. The van der Waals surface area contributed by atoms with E-state index in [0.29, 0.717) is 47.3 Å². The van der Waals surface area contributed by atoms with Gasteiger partial charge in [-0.1, -0.05) is 24.3 Å². The molecule has 4 aromatic rings. The second kappa shape index (κ2) is 9.41. The number of aromatic nitrogens is 1. The van der Waals surface area contributed by atoms with Gasteiger partial charge in [0.05, 0.1) is 24.8 Å². The lowest BCUT2D eigenvalue weighted by molar-refractivity contribution is 0.0310. The molecule has 5 rings (SSSR count). The summed E-state index contributed by atoms with van der Waals surface area (Å²) in [7, 11) is 1.33. The molecule has 0 fully saturated rings. The molecule has 3 aromatic carbocycles. The number of aliphatic hydroxyl groups is 1. The molecule has 7 nitrogen and oxygen atoms in total. The highest BCUT2D eigenvalue weighted by Gasteiger charge is 2.29. The predicted molar refractivity (Wildman–Crippen MR) is 126 cm³/mol. The molecule has 2 heterocycles. The smallest absolute Gasteiger partial charge is 0.337 e. The Balaban J connectivity index is 1.38. The highest BCUT2D eigenvalue weighted by Crippen LogP contribution is 2.37. The molecule has 34 heavy (non-hydrogen) atoms. The number of esters is 1. The number of fused-ring (bicyclic) bond motifs is 2. The average molecular weight is 457 g/mol. The van der Waals surface area contributed by atoms with Gasteiger partial charge in [-0.05, 0) is 48.5 Å². The first-order chi connectivity index (χ1) is 16.6. The number of nitrogens with zero attached hydrogens (tertiary/aromatic N) is 1. The van der Waals surface area contributed by atoms with Crippen molar-refractivity contribution in [1.82, 2.24) is 4.98 Å². The molecule has 1 aliphatic heterocycles. The lowest BCUT2D eigenvalue weighted by Crippen LogP contribution is -2.25. The Morgan fingerprint density at radius 3 is 2.76 bits per heavy atom. The summed E-state index contributed by atoms with van der Waals surface area (Å²) >= 11 is 0. The van der Waals surface area contributed by atoms with Gasteiger partial charge < -0.3 is 24.1 Å². The summed E-state index contributed by atoms with van der Waals surface area (Å²) < 4.78 is 22.7. The van der Waals surface area contributed by atoms with Gasteiger partial charge in [0.2, 0.25) is 5.88 Å². The van der Waals surface area contributed by atoms with Gasteiger partial charge in [-0.3, -0.25) is 0 Å². The minimum absolute atomic E-state index is 0.373. The van der Waals surface area contributed by atoms with E-state index in [0.717, 1.165) is 10.9 Å². The molecular formula is C27H23NO6. The standard InChI is InChI=1S/C27H23NO6/c1-31-27(30)18-6-4-7-19(15-18)33-24-13-14-32-23-11-10-20(16-21(23)26(24)29)34-25-12-9-17-5-2-3-8-22(17)28-25/h2-12,15-16,24,26,29H,13-14H2,1H3/t24-,26+/m1/s1. The van der Waals surface area contributed by atoms with E-state index in [-0.39, 0.29) is 0 Å². The summed E-state index contributed by atoms with van der Waals surface area (Å²) in [5.74, 6) is 1.56. The average Bonchev–Trinajstić information content (AvgIpc) is 3.02. The number of aliphatic hydroxyl groups excluding tert-OH is 1. The SMILES string of the molecule is COC(=O)c1cccc(O[C@@H]2CCOc3ccc(Oc4ccc5ccccc5n4)cc3[C@@H]2O)c1. The number of carbonyl (C=O) groups excluding carboxylic acids is 1. The van der Waals surface area contributed by atoms with Crippen molar-refractivity contribution >= 4 is 16.9 Å². The number of para-hydroxylation sites is 1. The van der Waals surface area contributed by atoms with Crippen molar-refractivity contribution in [2.75, 3.05) is 13.7 Å². The molecule has 0 unspecified atom stereocenters. The number of rotatable bonds is 5. The lowest BCUT2D eigenvalue weighted by Gasteiger charge is -2.22. The van der Waals surface area contributed by atoms with E-state index in [9.17, 15) is 9.90 Å². The first kappa shape index (κ1) is 21.7. The van der Waals surface area contributed by atoms with Gasteiger partial charge in [0.1, 0.15) is 29.5 Å². The summed E-state index contributed by atoms with van der Waals surface area (Å²) in [5.41, 5.74) is 1.77. The number of benzene rings is 3. The largest absolute Gasteiger partial charge is 0.493 e. The maximum atomic E-state index is 11.8. The summed E-state index contributed by atoms with van der Waals surface area (Å²) in [6.45, 7) is 0.373. The third kappa shape index (κ3) is 4.51. The summed E-state index contributed by atoms with van der Waals surface area (Å²) in [6.07, 6.45) is -1.09. The number of carbonyl (C=O) groups is 1. The second-order valence-electron chi connectivity index (χ2n) is 7.90. The molecular weight excluding hydrogens is 434 g/mol. The number of pyridine rings is 1. The first-order valence-corrected chi connectivity index (χ1v) is 10.9. The van der Waals surface area contributed by atoms with Gasteiger partial charge in [0, 0.05) is 23.4 Å². The van der Waals surface area contributed by atoms with Gasteiger partial charge in [-0.2, -0.15) is 0 Å². The Bertz CT molecular complexity index is 1340. The van der Waals surface area contributed by atoms with Crippen LogP contribution in [-0.2, 0) is 4.74 Å². The molecule has 172 valence electrons. The fraction of sp³-hybridized carbons (Fsp3) is 0.185. The fourth-order valence-corrected chi connectivity index (χ4v) is 3.93. The first-order valence-electron chi connectivity index (χ1n) is 10.9. The van der Waals surface area contributed by atoms with Crippen LogP contribution in [0.4, 0.5) is 0 Å². The van der Waals surface area contributed by atoms with Crippen LogP contribution in [0.15, 0.2) is 78.9 Å². The Kier molecular flexibility index (Phi) is 6.01. The topological polar surface area (TPSA) is 87.1 Å². The molecule has 1 aliphatic rings. The minimum Gasteiger partial charge on any atom is -0.493 e. The number of hydrogen-bond donors (Lipinski definition) is 1. The van der Waals surface area contributed by atoms with Crippen LogP contribution in [0, 0.1) is 0 Å². The van der Waals surface area contributed by atoms with E-state index in [2.05, 4.69) is 4.98 Å². The normalized spacial score (nSPS) is 17.2. The third-order valence-electron chi connectivity index (χ3n) is 5.65. The van der Waals surface area contributed by atoms with Crippen LogP contribution in [0.2, 0.25) is 0 Å². The zero-order chi connectivity index (χ0) is 23.5. The molecule has 0 spiro atoms. The molecule has 0 saturated carbocycles. The van der Waals surface area contributed by atoms with E-state index < -0.39 is 18.2 Å². The molecule has 7 heteroatoms. The van der Waals surface area contributed by atoms with Crippen LogP contribution in [-0.4, -0.2) is 35.9 Å². The fourth-order valence-electron chi connectivity index (χ4n) is 3.93. The molecule has 0 radical (unpaired) electrons. The molecule has 2 atom stereocenters. The Hall–Kier alpha value is -4.10. The van der Waals surface area contributed by atoms with Crippen molar-refractivity contribution in [3.63, 3.8) is 0 Å². The molecule has 0 saturated heterocycles. The van der Waals surface area contributed by atoms with Crippen LogP contribution in [0.5, 0.6) is 23.1 Å². The van der Waals surface area contributed by atoms with Gasteiger partial charge in [0.25, 0.3) is 0 Å². The van der Waals surface area contributed by atoms with Crippen molar-refractivity contribution in [2.24, 2.45) is 0 Å². The van der Waals surface area contributed by atoms with E-state index in [1.807, 2.05) is 30.3 Å². The van der Waals surface area contributed by atoms with Gasteiger partial charge >= 0.3 is 5.97 Å². The van der Waals surface area contributed by atoms with Crippen LogP contribution in [0.25, 0.3) is 10.9 Å². The highest BCUT2D eigenvalue weighted by atomic mass is 16.5. The van der Waals surface area contributed by atoms with E-state index >= 15 is 0 Å². The van der Waals surface area contributed by atoms with E-state index in [4.69, 9.17) is 18.9 Å². The van der Waals surface area contributed by atoms with Gasteiger partial charge in [-0.25, -0.2) is 9.78 Å².